The third-order valence-corrected chi connectivity index (χ3v) is 3.83. The lowest BCUT2D eigenvalue weighted by Crippen LogP contribution is -2.12. The molecule has 0 aromatic heterocycles. The first-order valence-corrected chi connectivity index (χ1v) is 6.61. The van der Waals surface area contributed by atoms with Crippen LogP contribution in [-0.2, 0) is 6.42 Å². The second kappa shape index (κ2) is 4.20. The van der Waals surface area contributed by atoms with Gasteiger partial charge in [-0.15, -0.1) is 0 Å². The van der Waals surface area contributed by atoms with Crippen molar-refractivity contribution in [2.24, 2.45) is 0 Å². The van der Waals surface area contributed by atoms with Gasteiger partial charge in [0.1, 0.15) is 5.75 Å². The Bertz CT molecular complexity index is 604. The van der Waals surface area contributed by atoms with Gasteiger partial charge in [-0.05, 0) is 36.8 Å². The van der Waals surface area contributed by atoms with Crippen LogP contribution in [0.2, 0.25) is 0 Å². The lowest BCUT2D eigenvalue weighted by molar-refractivity contribution is 0.344. The number of hydrogen-bond donors (Lipinski definition) is 0. The third kappa shape index (κ3) is 1.56. The molecule has 2 heteroatoms. The molecule has 18 heavy (non-hydrogen) atoms. The van der Waals surface area contributed by atoms with Crippen LogP contribution in [0.25, 0.3) is 10.8 Å². The molecule has 0 fully saturated rings. The van der Waals surface area contributed by atoms with E-state index in [2.05, 4.69) is 43.1 Å². The minimum Gasteiger partial charge on any atom is -0.493 e. The highest BCUT2D eigenvalue weighted by molar-refractivity contribution is 5.98. The van der Waals surface area contributed by atoms with E-state index >= 15 is 0 Å². The van der Waals surface area contributed by atoms with Crippen molar-refractivity contribution < 1.29 is 4.74 Å². The number of ether oxygens (including phenoxy) is 1. The molecule has 0 aliphatic carbocycles. The summed E-state index contributed by atoms with van der Waals surface area (Å²) in [4.78, 5) is 2.32. The Kier molecular flexibility index (Phi) is 2.66. The molecule has 0 saturated heterocycles. The van der Waals surface area contributed by atoms with Crippen molar-refractivity contribution in [1.82, 2.24) is 0 Å². The molecular formula is C16H19NO. The largest absolute Gasteiger partial charge is 0.493 e. The van der Waals surface area contributed by atoms with Gasteiger partial charge in [-0.25, -0.2) is 0 Å². The molecule has 2 nitrogen and oxygen atoms in total. The zero-order chi connectivity index (χ0) is 12.7. The van der Waals surface area contributed by atoms with E-state index in [1.807, 2.05) is 6.92 Å². The summed E-state index contributed by atoms with van der Waals surface area (Å²) in [7, 11) is 2.16. The zero-order valence-corrected chi connectivity index (χ0v) is 11.3. The molecule has 0 radical (unpaired) electrons. The standard InChI is InChI=1S/C16H19NO/c1-4-18-15-10-14-12(8-9-17(14)3)16-11(2)6-5-7-13(15)16/h5-7,10H,4,8-9H2,1-3H3. The Hall–Kier alpha value is -1.70. The molecule has 94 valence electrons. The minimum atomic E-state index is 0.714. The van der Waals surface area contributed by atoms with Crippen molar-refractivity contribution in [3.63, 3.8) is 0 Å². The average molecular weight is 241 g/mol. The number of hydrogen-bond acceptors (Lipinski definition) is 2. The van der Waals surface area contributed by atoms with E-state index in [4.69, 9.17) is 4.74 Å². The molecule has 3 rings (SSSR count). The summed E-state index contributed by atoms with van der Waals surface area (Å²) < 4.78 is 5.82. The summed E-state index contributed by atoms with van der Waals surface area (Å²) in [6.07, 6.45) is 1.14. The van der Waals surface area contributed by atoms with Gasteiger partial charge in [0.2, 0.25) is 0 Å². The van der Waals surface area contributed by atoms with Gasteiger partial charge in [0.05, 0.1) is 6.61 Å². The molecule has 1 aliphatic rings. The van der Waals surface area contributed by atoms with Crippen molar-refractivity contribution in [1.29, 1.82) is 0 Å². The van der Waals surface area contributed by atoms with Crippen LogP contribution >= 0.6 is 0 Å². The second-order valence-electron chi connectivity index (χ2n) is 4.97. The van der Waals surface area contributed by atoms with Gasteiger partial charge in [-0.2, -0.15) is 0 Å². The lowest BCUT2D eigenvalue weighted by Gasteiger charge is -2.17. The second-order valence-corrected chi connectivity index (χ2v) is 4.97. The SMILES string of the molecule is CCOc1cc2c(c3c(C)cccc13)CCN2C. The lowest BCUT2D eigenvalue weighted by atomic mass is 9.97. The number of benzene rings is 2. The predicted molar refractivity (Wildman–Crippen MR) is 76.8 cm³/mol. The first-order chi connectivity index (χ1) is 8.72. The maximum absolute atomic E-state index is 5.82. The van der Waals surface area contributed by atoms with Crippen LogP contribution in [0, 0.1) is 6.92 Å². The van der Waals surface area contributed by atoms with Crippen LogP contribution in [-0.4, -0.2) is 20.2 Å². The predicted octanol–water partition coefficient (Wildman–Crippen LogP) is 3.54. The van der Waals surface area contributed by atoms with Crippen LogP contribution in [0.1, 0.15) is 18.1 Å². The fourth-order valence-electron chi connectivity index (χ4n) is 2.96. The highest BCUT2D eigenvalue weighted by atomic mass is 16.5. The Morgan fingerprint density at radius 1 is 1.33 bits per heavy atom. The Morgan fingerprint density at radius 3 is 2.94 bits per heavy atom. The maximum Gasteiger partial charge on any atom is 0.129 e. The van der Waals surface area contributed by atoms with E-state index < -0.39 is 0 Å². The molecule has 2 aromatic rings. The summed E-state index contributed by atoms with van der Waals surface area (Å²) in [5.74, 6) is 1.02. The smallest absolute Gasteiger partial charge is 0.129 e. The van der Waals surface area contributed by atoms with Crippen LogP contribution in [0.4, 0.5) is 5.69 Å². The summed E-state index contributed by atoms with van der Waals surface area (Å²) in [5, 5.41) is 2.65. The first-order valence-electron chi connectivity index (χ1n) is 6.61. The Balaban J connectivity index is 2.37. The van der Waals surface area contributed by atoms with Gasteiger partial charge >= 0.3 is 0 Å². The number of anilines is 1. The van der Waals surface area contributed by atoms with E-state index in [1.54, 1.807) is 0 Å². The summed E-state index contributed by atoms with van der Waals surface area (Å²) in [6.45, 7) is 6.05. The van der Waals surface area contributed by atoms with Crippen molar-refractivity contribution in [3.05, 3.63) is 35.4 Å². The van der Waals surface area contributed by atoms with E-state index in [1.165, 1.54) is 27.6 Å². The molecule has 2 aromatic carbocycles. The zero-order valence-electron chi connectivity index (χ0n) is 11.3. The molecule has 0 N–H and O–H groups in total. The highest BCUT2D eigenvalue weighted by Crippen LogP contribution is 2.40. The first kappa shape index (κ1) is 11.4. The number of fused-ring (bicyclic) bond motifs is 3. The van der Waals surface area contributed by atoms with Crippen LogP contribution < -0.4 is 9.64 Å². The van der Waals surface area contributed by atoms with E-state index in [-0.39, 0.29) is 0 Å². The molecule has 0 spiro atoms. The quantitative estimate of drug-likeness (QED) is 0.797. The van der Waals surface area contributed by atoms with Crippen molar-refractivity contribution in [2.45, 2.75) is 20.3 Å². The van der Waals surface area contributed by atoms with Gasteiger partial charge in [-0.3, -0.25) is 0 Å². The Labute approximate surface area is 108 Å². The monoisotopic (exact) mass is 241 g/mol. The molecule has 0 unspecified atom stereocenters. The number of aryl methyl sites for hydroxylation is 1. The molecule has 1 aliphatic heterocycles. The van der Waals surface area contributed by atoms with Crippen LogP contribution in [0.3, 0.4) is 0 Å². The minimum absolute atomic E-state index is 0.714. The van der Waals surface area contributed by atoms with E-state index in [9.17, 15) is 0 Å². The fraction of sp³-hybridized carbons (Fsp3) is 0.375. The Morgan fingerprint density at radius 2 is 2.17 bits per heavy atom. The average Bonchev–Trinajstić information content (AvgIpc) is 2.72. The van der Waals surface area contributed by atoms with Gasteiger partial charge in [-0.1, -0.05) is 18.2 Å². The molecule has 0 saturated carbocycles. The molecule has 1 heterocycles. The summed E-state index contributed by atoms with van der Waals surface area (Å²) >= 11 is 0. The van der Waals surface area contributed by atoms with Crippen molar-refractivity contribution in [2.75, 3.05) is 25.1 Å². The van der Waals surface area contributed by atoms with E-state index in [0.717, 1.165) is 18.7 Å². The number of nitrogens with zero attached hydrogens (tertiary/aromatic N) is 1. The van der Waals surface area contributed by atoms with E-state index in [0.29, 0.717) is 6.61 Å². The number of likely N-dealkylation sites (N-methyl/N-ethyl adjacent to an activating group) is 1. The van der Waals surface area contributed by atoms with Gasteiger partial charge in [0.15, 0.2) is 0 Å². The van der Waals surface area contributed by atoms with Gasteiger partial charge in [0, 0.05) is 30.7 Å². The summed E-state index contributed by atoms with van der Waals surface area (Å²) in [5.41, 5.74) is 4.16. The van der Waals surface area contributed by atoms with Gasteiger partial charge in [0.25, 0.3) is 0 Å². The topological polar surface area (TPSA) is 12.5 Å². The fourth-order valence-corrected chi connectivity index (χ4v) is 2.96. The number of rotatable bonds is 2. The molecule has 0 bridgehead atoms. The van der Waals surface area contributed by atoms with Crippen molar-refractivity contribution in [3.8, 4) is 5.75 Å². The molecular weight excluding hydrogens is 222 g/mol. The van der Waals surface area contributed by atoms with Gasteiger partial charge < -0.3 is 9.64 Å². The highest BCUT2D eigenvalue weighted by Gasteiger charge is 2.21. The molecule has 0 atom stereocenters. The molecule has 0 amide bonds. The van der Waals surface area contributed by atoms with Crippen LogP contribution in [0.15, 0.2) is 24.3 Å². The summed E-state index contributed by atoms with van der Waals surface area (Å²) in [6, 6.07) is 8.68. The third-order valence-electron chi connectivity index (χ3n) is 3.83. The maximum atomic E-state index is 5.82. The van der Waals surface area contributed by atoms with Crippen molar-refractivity contribution >= 4 is 16.5 Å². The van der Waals surface area contributed by atoms with Crippen LogP contribution in [0.5, 0.6) is 5.75 Å². The normalized spacial score (nSPS) is 14.1.